The number of amides is 4. The summed E-state index contributed by atoms with van der Waals surface area (Å²) in [5, 5.41) is 39.1. The monoisotopic (exact) mass is 1420 g/mol. The Hall–Kier alpha value is -9.29. The number of likely N-dealkylation sites (tertiary alicyclic amines) is 1. The number of hydrogen-bond acceptors (Lipinski definition) is 16. The molecule has 0 bridgehead atoms. The minimum Gasteiger partial charge on any atom is -0.481 e. The zero-order valence-electron chi connectivity index (χ0n) is 61.9. The quantitative estimate of drug-likeness (QED) is 0.0247. The molecule has 104 heavy (non-hydrogen) atoms. The van der Waals surface area contributed by atoms with Gasteiger partial charge in [0.05, 0.1) is 34.5 Å². The number of rotatable bonds is 25. The van der Waals surface area contributed by atoms with Crippen LogP contribution in [0.2, 0.25) is 0 Å². The van der Waals surface area contributed by atoms with Crippen molar-refractivity contribution < 1.29 is 43.3 Å². The summed E-state index contributed by atoms with van der Waals surface area (Å²) in [6, 6.07) is 34.8. The van der Waals surface area contributed by atoms with E-state index in [9.17, 15) is 24.0 Å². The van der Waals surface area contributed by atoms with Crippen LogP contribution in [0.5, 0.6) is 0 Å². The number of fused-ring (bicyclic) bond motifs is 2. The average Bonchev–Trinajstić information content (AvgIpc) is 1.58. The summed E-state index contributed by atoms with van der Waals surface area (Å²) in [7, 11) is 0. The highest BCUT2D eigenvalue weighted by atomic mass is 16.6. The number of carbonyl (C=O) groups excluding carboxylic acids is 4. The van der Waals surface area contributed by atoms with Crippen molar-refractivity contribution in [1.82, 2.24) is 55.7 Å². The minimum absolute atomic E-state index is 0.187. The van der Waals surface area contributed by atoms with E-state index in [0.29, 0.717) is 51.6 Å². The number of carbonyl (C=O) groups is 5. The third-order valence-electron chi connectivity index (χ3n) is 19.8. The average molecular weight is 1420 g/mol. The van der Waals surface area contributed by atoms with Gasteiger partial charge in [0.1, 0.15) is 18.4 Å². The number of aliphatic carboxylic acids is 1. The number of hydrogen-bond donors (Lipinski definition) is 8. The molecule has 4 aromatic heterocycles. The van der Waals surface area contributed by atoms with Crippen molar-refractivity contribution in [3.8, 4) is 22.3 Å². The maximum absolute atomic E-state index is 13.0. The Kier molecular flexibility index (Phi) is 28.2. The van der Waals surface area contributed by atoms with Gasteiger partial charge in [-0.2, -0.15) is 10.2 Å². The molecule has 12 rings (SSSR count). The van der Waals surface area contributed by atoms with Crippen molar-refractivity contribution >= 4 is 63.2 Å². The summed E-state index contributed by atoms with van der Waals surface area (Å²) in [6.07, 6.45) is 14.3. The van der Waals surface area contributed by atoms with Gasteiger partial charge in [-0.1, -0.05) is 98.8 Å². The molecular weight excluding hydrogens is 1310 g/mol. The molecule has 4 aliphatic heterocycles. The van der Waals surface area contributed by atoms with Crippen molar-refractivity contribution in [3.05, 3.63) is 154 Å². The highest BCUT2D eigenvalue weighted by Gasteiger charge is 2.29. The van der Waals surface area contributed by atoms with Gasteiger partial charge in [0, 0.05) is 113 Å². The molecule has 4 amide bonds. The summed E-state index contributed by atoms with van der Waals surface area (Å²) in [5.74, 6) is -0.964. The van der Waals surface area contributed by atoms with E-state index < -0.39 is 23.9 Å². The van der Waals surface area contributed by atoms with Crippen molar-refractivity contribution in [3.63, 3.8) is 0 Å². The minimum atomic E-state index is -1.15. The molecular formula is C81H108N14O9. The number of nitrogens with two attached hydrogens (primary N) is 1. The van der Waals surface area contributed by atoms with Crippen LogP contribution in [0.4, 0.5) is 16.2 Å². The highest BCUT2D eigenvalue weighted by Crippen LogP contribution is 2.35. The van der Waals surface area contributed by atoms with Crippen LogP contribution in [0.25, 0.3) is 44.3 Å². The number of anilines is 2. The number of aromatic nitrogens is 6. The summed E-state index contributed by atoms with van der Waals surface area (Å²) in [4.78, 5) is 72.3. The van der Waals surface area contributed by atoms with Crippen LogP contribution in [0.3, 0.4) is 0 Å². The molecule has 556 valence electrons. The van der Waals surface area contributed by atoms with E-state index in [1.165, 1.54) is 40.7 Å². The second-order valence-corrected chi connectivity index (χ2v) is 28.6. The number of nitrogens with one attached hydrogen (secondary N) is 6. The molecule has 23 heteroatoms. The first-order valence-electron chi connectivity index (χ1n) is 37.6. The Morgan fingerprint density at radius 3 is 1.40 bits per heavy atom. The van der Waals surface area contributed by atoms with Crippen molar-refractivity contribution in [2.45, 2.75) is 195 Å². The maximum Gasteiger partial charge on any atom is 0.410 e. The highest BCUT2D eigenvalue weighted by molar-refractivity contribution is 5.98. The first kappa shape index (κ1) is 77.3. The summed E-state index contributed by atoms with van der Waals surface area (Å²) in [6.45, 7) is 23.4. The second kappa shape index (κ2) is 37.9. The first-order chi connectivity index (χ1) is 50.4. The van der Waals surface area contributed by atoms with E-state index in [0.717, 1.165) is 176 Å². The SMILES string of the molecule is CC(C)(C)OC(=O)N1CCC(Cc2cccc(-c3cccc(CN)c3)c2)CC1.CCc1nc2c(cnn2CC)c(NC2CCOCC2)c1CNC(=O)CC(=O)NCc1cccc(-c2cccc(CC3CCNCC3)c2)c1.CCc1nc2c(cnn2CC)c(NC2CCOCC2)c1CNC(=O)CC(=O)O. The lowest BCUT2D eigenvalue weighted by Crippen LogP contribution is -2.42. The van der Waals surface area contributed by atoms with Crippen LogP contribution >= 0.6 is 0 Å². The van der Waals surface area contributed by atoms with Gasteiger partial charge >= 0.3 is 12.1 Å². The molecule has 0 unspecified atom stereocenters. The molecule has 0 radical (unpaired) electrons. The normalized spacial score (nSPS) is 15.5. The molecule has 23 nitrogen and oxygen atoms in total. The van der Waals surface area contributed by atoms with Crippen molar-refractivity contribution in [2.24, 2.45) is 17.6 Å². The Balaban J connectivity index is 0.000000178. The predicted octanol–water partition coefficient (Wildman–Crippen LogP) is 11.8. The lowest BCUT2D eigenvalue weighted by molar-refractivity contribution is -0.141. The van der Waals surface area contributed by atoms with Crippen molar-refractivity contribution in [1.29, 1.82) is 0 Å². The number of ether oxygens (including phenoxy) is 3. The van der Waals surface area contributed by atoms with Gasteiger partial charge < -0.3 is 61.9 Å². The van der Waals surface area contributed by atoms with Gasteiger partial charge in [0.2, 0.25) is 17.7 Å². The summed E-state index contributed by atoms with van der Waals surface area (Å²) >= 11 is 0. The maximum atomic E-state index is 13.0. The second-order valence-electron chi connectivity index (χ2n) is 28.6. The molecule has 0 saturated carbocycles. The number of benzene rings is 4. The smallest absolute Gasteiger partial charge is 0.410 e. The molecule has 4 aromatic carbocycles. The zero-order valence-corrected chi connectivity index (χ0v) is 61.9. The molecule has 4 fully saturated rings. The summed E-state index contributed by atoms with van der Waals surface area (Å²) in [5.41, 5.74) is 22.1. The van der Waals surface area contributed by atoms with Crippen LogP contribution in [0.1, 0.15) is 157 Å². The van der Waals surface area contributed by atoms with Crippen molar-refractivity contribution in [2.75, 3.05) is 63.2 Å². The van der Waals surface area contributed by atoms with E-state index >= 15 is 0 Å². The van der Waals surface area contributed by atoms with Gasteiger partial charge in [-0.3, -0.25) is 19.2 Å². The largest absolute Gasteiger partial charge is 0.481 e. The van der Waals surface area contributed by atoms with E-state index in [1.54, 1.807) is 6.20 Å². The van der Waals surface area contributed by atoms with Gasteiger partial charge in [0.25, 0.3) is 0 Å². The Morgan fingerprint density at radius 2 is 0.971 bits per heavy atom. The fraction of sp³-hybridized carbons (Fsp3) is 0.494. The lowest BCUT2D eigenvalue weighted by atomic mass is 9.89. The van der Waals surface area contributed by atoms with Gasteiger partial charge in [-0.25, -0.2) is 24.1 Å². The van der Waals surface area contributed by atoms with Crippen LogP contribution in [0.15, 0.2) is 109 Å². The molecule has 4 saturated heterocycles. The molecule has 8 heterocycles. The number of carboxylic acids is 1. The number of piperidine rings is 2. The van der Waals surface area contributed by atoms with E-state index in [-0.39, 0.29) is 49.5 Å². The molecule has 9 N–H and O–H groups in total. The zero-order chi connectivity index (χ0) is 73.5. The fourth-order valence-electron chi connectivity index (χ4n) is 14.1. The van der Waals surface area contributed by atoms with E-state index in [4.69, 9.17) is 35.0 Å². The van der Waals surface area contributed by atoms with Crippen LogP contribution < -0.4 is 37.6 Å². The molecule has 8 aromatic rings. The number of carboxylic acid groups (broad SMARTS) is 1. The third kappa shape index (κ3) is 21.9. The third-order valence-corrected chi connectivity index (χ3v) is 19.8. The van der Waals surface area contributed by atoms with E-state index in [2.05, 4.69) is 141 Å². The van der Waals surface area contributed by atoms with Crippen LogP contribution in [0, 0.1) is 11.8 Å². The first-order valence-corrected chi connectivity index (χ1v) is 37.6. The molecule has 0 aliphatic carbocycles. The van der Waals surface area contributed by atoms with Gasteiger partial charge in [-0.15, -0.1) is 0 Å². The predicted molar refractivity (Wildman–Crippen MR) is 408 cm³/mol. The standard InChI is InChI=1S/C38H49N7O3.C24H32N2O2.C19H27N5O4/c1-3-34-32(37(43-31-13-17-48-18-14-31)33-25-42-45(4-2)38(33)44-34)24-41-36(47)22-35(46)40-23-28-8-6-10-30(21-28)29-9-5-7-27(20-29)19-26-11-15-39-16-12-26;1-24(2,3)28-23(27)26-12-10-18(11-13-26)14-19-6-4-8-21(15-19)22-9-5-7-20(16-22)17-25;1-3-15-13(10-20-16(25)9-17(26)27)18(22-12-5-7-28-8-6-12)14-11-21-24(4-2)19(14)23-15/h5-10,20-21,25-26,31,39H,3-4,11-19,22-24H2,1-2H3,(H,40,46)(H,41,47)(H,43,44);4-9,15-16,18H,10-14,17,25H2,1-3H3;11-12H,3-10H2,1-2H3,(H,20,25)(H,22,23)(H,26,27). The Labute approximate surface area is 611 Å². The molecule has 0 spiro atoms. The molecule has 0 atom stereocenters. The summed E-state index contributed by atoms with van der Waals surface area (Å²) < 4.78 is 20.3. The van der Waals surface area contributed by atoms with Crippen LogP contribution in [-0.4, -0.2) is 140 Å². The van der Waals surface area contributed by atoms with Gasteiger partial charge in [-0.05, 0) is 193 Å². The number of aryl methyl sites for hydroxylation is 4. The fourth-order valence-corrected chi connectivity index (χ4v) is 14.1. The van der Waals surface area contributed by atoms with Gasteiger partial charge in [0.15, 0.2) is 11.3 Å². The lowest BCUT2D eigenvalue weighted by Gasteiger charge is -2.33. The van der Waals surface area contributed by atoms with Crippen LogP contribution in [-0.2, 0) is 98.3 Å². The topological polar surface area (TPSA) is 296 Å². The van der Waals surface area contributed by atoms with E-state index in [1.807, 2.05) is 67.2 Å². The Morgan fingerprint density at radius 1 is 0.558 bits per heavy atom. The molecule has 4 aliphatic rings. The Bertz CT molecular complexity index is 4180. The number of nitrogens with zero attached hydrogens (tertiary/aromatic N) is 7. The number of pyridine rings is 2.